The van der Waals surface area contributed by atoms with E-state index in [1.807, 2.05) is 23.7 Å². The van der Waals surface area contributed by atoms with Gasteiger partial charge in [0.25, 0.3) is 17.7 Å². The molecule has 29 heavy (non-hydrogen) atoms. The molecule has 0 aliphatic carbocycles. The smallest absolute Gasteiger partial charge is 0.269 e. The monoisotopic (exact) mass is 430 g/mol. The summed E-state index contributed by atoms with van der Waals surface area (Å²) in [6.45, 7) is -0.241. The number of thiophene rings is 1. The predicted octanol–water partition coefficient (Wildman–Crippen LogP) is 1.36. The van der Waals surface area contributed by atoms with Crippen molar-refractivity contribution in [2.24, 2.45) is 7.05 Å². The number of hydrazine groups is 1. The molecule has 9 nitrogen and oxygen atoms in total. The van der Waals surface area contributed by atoms with Crippen LogP contribution in [-0.2, 0) is 17.6 Å². The molecule has 150 valence electrons. The van der Waals surface area contributed by atoms with Crippen molar-refractivity contribution < 1.29 is 14.4 Å². The van der Waals surface area contributed by atoms with E-state index in [4.69, 9.17) is 0 Å². The Morgan fingerprint density at radius 2 is 1.90 bits per heavy atom. The fraction of sp³-hybridized carbons (Fsp3) is 0.167. The Hall–Kier alpha value is -3.18. The van der Waals surface area contributed by atoms with Crippen molar-refractivity contribution in [3.63, 3.8) is 0 Å². The van der Waals surface area contributed by atoms with Crippen LogP contribution in [0.15, 0.2) is 53.3 Å². The molecule has 0 aliphatic rings. The topological polar surface area (TPSA) is 118 Å². The summed E-state index contributed by atoms with van der Waals surface area (Å²) < 4.78 is 1.83. The summed E-state index contributed by atoms with van der Waals surface area (Å²) in [5.74, 6) is -0.624. The molecule has 3 N–H and O–H groups in total. The molecule has 1 aromatic carbocycles. The minimum atomic E-state index is -0.528. The first-order chi connectivity index (χ1) is 14.0. The third-order valence-electron chi connectivity index (χ3n) is 3.72. The van der Waals surface area contributed by atoms with Crippen LogP contribution < -0.4 is 16.2 Å². The molecule has 0 aliphatic heterocycles. The number of carbonyl (C=O) groups is 3. The fourth-order valence-corrected chi connectivity index (χ4v) is 3.69. The van der Waals surface area contributed by atoms with E-state index in [9.17, 15) is 14.4 Å². The van der Waals surface area contributed by atoms with Crippen LogP contribution in [0.1, 0.15) is 25.6 Å². The zero-order valence-electron chi connectivity index (χ0n) is 15.4. The summed E-state index contributed by atoms with van der Waals surface area (Å²) in [6, 6.07) is 10.4. The van der Waals surface area contributed by atoms with Crippen molar-refractivity contribution in [3.8, 4) is 0 Å². The molecule has 0 atom stereocenters. The predicted molar refractivity (Wildman–Crippen MR) is 109 cm³/mol. The normalized spacial score (nSPS) is 10.4. The number of amides is 3. The lowest BCUT2D eigenvalue weighted by Gasteiger charge is -2.08. The summed E-state index contributed by atoms with van der Waals surface area (Å²) in [4.78, 5) is 36.2. The van der Waals surface area contributed by atoms with E-state index in [1.54, 1.807) is 36.0 Å². The van der Waals surface area contributed by atoms with E-state index in [0.29, 0.717) is 16.2 Å². The van der Waals surface area contributed by atoms with Crippen LogP contribution in [0.25, 0.3) is 0 Å². The maximum Gasteiger partial charge on any atom is 0.269 e. The van der Waals surface area contributed by atoms with Gasteiger partial charge in [0.05, 0.1) is 11.4 Å². The summed E-state index contributed by atoms with van der Waals surface area (Å²) in [5, 5.41) is 12.9. The Bertz CT molecular complexity index is 985. The summed E-state index contributed by atoms with van der Waals surface area (Å²) >= 11 is 2.82. The second kappa shape index (κ2) is 9.85. The second-order valence-corrected chi connectivity index (χ2v) is 7.76. The number of benzene rings is 1. The van der Waals surface area contributed by atoms with Crippen LogP contribution in [0.4, 0.5) is 0 Å². The maximum atomic E-state index is 12.1. The Morgan fingerprint density at radius 1 is 1.10 bits per heavy atom. The zero-order chi connectivity index (χ0) is 20.6. The molecule has 0 saturated carbocycles. The Balaban J connectivity index is 1.41. The average Bonchev–Trinajstić information content (AvgIpc) is 3.41. The number of hydrogen-bond donors (Lipinski definition) is 3. The van der Waals surface area contributed by atoms with E-state index in [-0.39, 0.29) is 12.5 Å². The Morgan fingerprint density at radius 3 is 2.55 bits per heavy atom. The van der Waals surface area contributed by atoms with Gasteiger partial charge in [-0.1, -0.05) is 30.0 Å². The number of nitrogens with zero attached hydrogens (tertiary/aromatic N) is 3. The minimum absolute atomic E-state index is 0.241. The molecule has 0 radical (unpaired) electrons. The standard InChI is InChI=1S/C18H18N6O3S2/c1-24-11-20-23-18(24)29-10-12-4-6-13(7-5-12)16(26)22-21-15(25)9-19-17(27)14-3-2-8-28-14/h2-8,11H,9-10H2,1H3,(H,19,27)(H,21,25)(H,22,26). The largest absolute Gasteiger partial charge is 0.342 e. The first-order valence-corrected chi connectivity index (χ1v) is 10.4. The van der Waals surface area contributed by atoms with Crippen molar-refractivity contribution >= 4 is 40.8 Å². The lowest BCUT2D eigenvalue weighted by Crippen LogP contribution is -2.46. The second-order valence-electron chi connectivity index (χ2n) is 5.87. The van der Waals surface area contributed by atoms with Gasteiger partial charge in [-0.25, -0.2) is 0 Å². The molecule has 0 unspecified atom stereocenters. The quantitative estimate of drug-likeness (QED) is 0.385. The van der Waals surface area contributed by atoms with Crippen molar-refractivity contribution in [2.75, 3.05) is 6.54 Å². The van der Waals surface area contributed by atoms with Crippen LogP contribution in [0.2, 0.25) is 0 Å². The number of aryl methyl sites for hydroxylation is 1. The van der Waals surface area contributed by atoms with Gasteiger partial charge in [-0.3, -0.25) is 25.2 Å². The van der Waals surface area contributed by atoms with Gasteiger partial charge in [0, 0.05) is 18.4 Å². The first kappa shape index (κ1) is 20.6. The molecule has 3 aromatic rings. The summed E-state index contributed by atoms with van der Waals surface area (Å²) in [7, 11) is 1.87. The van der Waals surface area contributed by atoms with Crippen LogP contribution in [-0.4, -0.2) is 39.0 Å². The maximum absolute atomic E-state index is 12.1. The van der Waals surface area contributed by atoms with Crippen molar-refractivity contribution in [2.45, 2.75) is 10.9 Å². The van der Waals surface area contributed by atoms with Crippen LogP contribution in [0, 0.1) is 0 Å². The van der Waals surface area contributed by atoms with Gasteiger partial charge >= 0.3 is 0 Å². The molecule has 2 aromatic heterocycles. The van der Waals surface area contributed by atoms with Crippen molar-refractivity contribution in [1.29, 1.82) is 0 Å². The lowest BCUT2D eigenvalue weighted by molar-refractivity contribution is -0.120. The van der Waals surface area contributed by atoms with Gasteiger partial charge in [-0.05, 0) is 29.1 Å². The highest BCUT2D eigenvalue weighted by atomic mass is 32.2. The fourth-order valence-electron chi connectivity index (χ4n) is 2.20. The Labute approximate surface area is 174 Å². The molecule has 0 fully saturated rings. The summed E-state index contributed by atoms with van der Waals surface area (Å²) in [5.41, 5.74) is 6.02. The van der Waals surface area contributed by atoms with Crippen LogP contribution in [0.5, 0.6) is 0 Å². The van der Waals surface area contributed by atoms with Crippen molar-refractivity contribution in [3.05, 3.63) is 64.1 Å². The van der Waals surface area contributed by atoms with E-state index < -0.39 is 11.8 Å². The molecule has 0 spiro atoms. The third kappa shape index (κ3) is 5.90. The summed E-state index contributed by atoms with van der Waals surface area (Å²) in [6.07, 6.45) is 1.64. The van der Waals surface area contributed by atoms with Crippen molar-refractivity contribution in [1.82, 2.24) is 30.9 Å². The molecule has 11 heteroatoms. The van der Waals surface area contributed by atoms with Crippen LogP contribution >= 0.6 is 23.1 Å². The minimum Gasteiger partial charge on any atom is -0.342 e. The highest BCUT2D eigenvalue weighted by molar-refractivity contribution is 7.98. The first-order valence-electron chi connectivity index (χ1n) is 8.49. The van der Waals surface area contributed by atoms with Gasteiger partial charge in [0.2, 0.25) is 0 Å². The van der Waals surface area contributed by atoms with E-state index in [1.165, 1.54) is 23.1 Å². The number of thioether (sulfide) groups is 1. The van der Waals surface area contributed by atoms with Gasteiger partial charge in [-0.15, -0.1) is 21.5 Å². The van der Waals surface area contributed by atoms with Crippen LogP contribution in [0.3, 0.4) is 0 Å². The Kier molecular flexibility index (Phi) is 6.98. The lowest BCUT2D eigenvalue weighted by atomic mass is 10.1. The van der Waals surface area contributed by atoms with E-state index in [2.05, 4.69) is 26.4 Å². The van der Waals surface area contributed by atoms with Gasteiger partial charge in [0.1, 0.15) is 6.33 Å². The number of rotatable bonds is 7. The average molecular weight is 431 g/mol. The zero-order valence-corrected chi connectivity index (χ0v) is 17.0. The van der Waals surface area contributed by atoms with Gasteiger partial charge < -0.3 is 9.88 Å². The van der Waals surface area contributed by atoms with Gasteiger partial charge in [-0.2, -0.15) is 0 Å². The molecule has 0 saturated heterocycles. The highest BCUT2D eigenvalue weighted by Crippen LogP contribution is 2.20. The molecule has 2 heterocycles. The molecular formula is C18H18N6O3S2. The number of hydrogen-bond acceptors (Lipinski definition) is 7. The number of carbonyl (C=O) groups excluding carboxylic acids is 3. The van der Waals surface area contributed by atoms with Gasteiger partial charge in [0.15, 0.2) is 5.16 Å². The molecule has 3 amide bonds. The molecule has 3 rings (SSSR count). The molecular weight excluding hydrogens is 412 g/mol. The van der Waals surface area contributed by atoms with E-state index >= 15 is 0 Å². The SMILES string of the molecule is Cn1cnnc1SCc1ccc(C(=O)NNC(=O)CNC(=O)c2cccs2)cc1. The molecule has 0 bridgehead atoms. The van der Waals surface area contributed by atoms with E-state index in [0.717, 1.165) is 10.7 Å². The third-order valence-corrected chi connectivity index (χ3v) is 5.70. The highest BCUT2D eigenvalue weighted by Gasteiger charge is 2.11. The number of aromatic nitrogens is 3. The number of nitrogens with one attached hydrogen (secondary N) is 3.